The van der Waals surface area contributed by atoms with Gasteiger partial charge < -0.3 is 20.5 Å². The minimum Gasteiger partial charge on any atom is -0.491 e. The van der Waals surface area contributed by atoms with Crippen LogP contribution in [0.5, 0.6) is 5.75 Å². The van der Waals surface area contributed by atoms with Crippen LogP contribution in [0.3, 0.4) is 0 Å². The summed E-state index contributed by atoms with van der Waals surface area (Å²) >= 11 is 6.07. The number of aliphatic hydroxyl groups excluding tert-OH is 1. The number of hydrogen-bond acceptors (Lipinski definition) is 3. The summed E-state index contributed by atoms with van der Waals surface area (Å²) < 4.78 is 5.56. The van der Waals surface area contributed by atoms with E-state index in [1.165, 1.54) is 0 Å². The zero-order chi connectivity index (χ0) is 15.5. The van der Waals surface area contributed by atoms with Gasteiger partial charge in [0.2, 0.25) is 0 Å². The fraction of sp³-hybridized carbons (Fsp3) is 0.562. The molecule has 22 heavy (non-hydrogen) atoms. The van der Waals surface area contributed by atoms with E-state index in [9.17, 15) is 9.90 Å². The average Bonchev–Trinajstić information content (AvgIpc) is 2.93. The maximum Gasteiger partial charge on any atom is 0.319 e. The van der Waals surface area contributed by atoms with E-state index < -0.39 is 0 Å². The van der Waals surface area contributed by atoms with Crippen LogP contribution in [0.25, 0.3) is 0 Å². The number of carbonyl (C=O) groups excluding carboxylic acids is 1. The van der Waals surface area contributed by atoms with Gasteiger partial charge >= 0.3 is 6.03 Å². The molecule has 1 heterocycles. The molecule has 0 saturated heterocycles. The number of benzene rings is 1. The maximum atomic E-state index is 12.1. The average molecular weight is 325 g/mol. The van der Waals surface area contributed by atoms with Crippen molar-refractivity contribution in [2.45, 2.75) is 38.2 Å². The van der Waals surface area contributed by atoms with Crippen LogP contribution >= 0.6 is 11.6 Å². The number of halogens is 1. The van der Waals surface area contributed by atoms with Crippen LogP contribution in [0.15, 0.2) is 12.1 Å². The van der Waals surface area contributed by atoms with Gasteiger partial charge in [-0.05, 0) is 37.3 Å². The molecular formula is C16H21ClN2O3. The van der Waals surface area contributed by atoms with Crippen molar-refractivity contribution in [3.63, 3.8) is 0 Å². The van der Waals surface area contributed by atoms with Gasteiger partial charge in [-0.1, -0.05) is 18.0 Å². The van der Waals surface area contributed by atoms with Gasteiger partial charge in [-0.15, -0.1) is 0 Å². The number of carbonyl (C=O) groups is 1. The first kappa shape index (κ1) is 15.4. The molecule has 0 bridgehead atoms. The van der Waals surface area contributed by atoms with Gasteiger partial charge in [-0.2, -0.15) is 0 Å². The molecule has 5 nitrogen and oxygen atoms in total. The molecule has 2 atom stereocenters. The second kappa shape index (κ2) is 6.75. The lowest BCUT2D eigenvalue weighted by molar-refractivity contribution is 0.101. The van der Waals surface area contributed by atoms with Crippen LogP contribution in [0.1, 0.15) is 31.2 Å². The van der Waals surface area contributed by atoms with E-state index in [0.717, 1.165) is 37.7 Å². The van der Waals surface area contributed by atoms with Crippen LogP contribution < -0.4 is 15.4 Å². The normalized spacial score (nSPS) is 23.5. The van der Waals surface area contributed by atoms with Crippen molar-refractivity contribution in [3.05, 3.63) is 22.7 Å². The van der Waals surface area contributed by atoms with Crippen molar-refractivity contribution in [1.29, 1.82) is 0 Å². The largest absolute Gasteiger partial charge is 0.491 e. The molecule has 0 aromatic heterocycles. The van der Waals surface area contributed by atoms with Crippen LogP contribution in [0, 0.1) is 5.92 Å². The Balaban J connectivity index is 1.56. The Kier molecular flexibility index (Phi) is 4.74. The molecule has 1 aliphatic heterocycles. The topological polar surface area (TPSA) is 70.6 Å². The number of rotatable bonds is 3. The lowest BCUT2D eigenvalue weighted by Gasteiger charge is -2.25. The van der Waals surface area contributed by atoms with Gasteiger partial charge in [-0.3, -0.25) is 0 Å². The first-order chi connectivity index (χ1) is 10.6. The van der Waals surface area contributed by atoms with Crippen molar-refractivity contribution >= 4 is 23.3 Å². The Morgan fingerprint density at radius 1 is 1.41 bits per heavy atom. The summed E-state index contributed by atoms with van der Waals surface area (Å²) in [7, 11) is 0. The molecule has 120 valence electrons. The van der Waals surface area contributed by atoms with Crippen LogP contribution in [-0.2, 0) is 6.42 Å². The Morgan fingerprint density at radius 3 is 3.09 bits per heavy atom. The van der Waals surface area contributed by atoms with Crippen LogP contribution in [0.4, 0.5) is 10.5 Å². The van der Waals surface area contributed by atoms with E-state index in [2.05, 4.69) is 10.6 Å². The second-order valence-electron chi connectivity index (χ2n) is 6.06. The molecule has 1 aliphatic carbocycles. The number of ether oxygens (including phenoxy) is 1. The molecule has 0 unspecified atom stereocenters. The molecular weight excluding hydrogens is 304 g/mol. The summed E-state index contributed by atoms with van der Waals surface area (Å²) in [6.45, 7) is 1.19. The Bertz CT molecular complexity index is 565. The molecule has 2 aliphatic rings. The number of aliphatic hydroxyl groups is 1. The third kappa shape index (κ3) is 3.65. The molecule has 1 saturated carbocycles. The molecule has 0 radical (unpaired) electrons. The summed E-state index contributed by atoms with van der Waals surface area (Å²) in [5, 5.41) is 15.9. The van der Waals surface area contributed by atoms with E-state index in [0.29, 0.717) is 35.5 Å². The first-order valence-electron chi connectivity index (χ1n) is 7.80. The molecule has 1 aromatic rings. The third-order valence-electron chi connectivity index (χ3n) is 4.30. The number of nitrogens with one attached hydrogen (secondary N) is 2. The van der Waals surface area contributed by atoms with Gasteiger partial charge in [-0.25, -0.2) is 4.79 Å². The zero-order valence-corrected chi connectivity index (χ0v) is 13.2. The Morgan fingerprint density at radius 2 is 2.27 bits per heavy atom. The van der Waals surface area contributed by atoms with E-state index in [-0.39, 0.29) is 12.1 Å². The fourth-order valence-corrected chi connectivity index (χ4v) is 3.45. The van der Waals surface area contributed by atoms with Crippen molar-refractivity contribution < 1.29 is 14.6 Å². The smallest absolute Gasteiger partial charge is 0.319 e. The molecule has 6 heteroatoms. The number of anilines is 1. The molecule has 1 aromatic carbocycles. The SMILES string of the molecule is O=C(NC[C@H]1CCC[C@@H](O)C1)Nc1cc(Cl)cc2c1OCC2. The van der Waals surface area contributed by atoms with E-state index in [1.54, 1.807) is 6.07 Å². The van der Waals surface area contributed by atoms with Crippen molar-refractivity contribution in [2.24, 2.45) is 5.92 Å². The van der Waals surface area contributed by atoms with Gasteiger partial charge in [0.05, 0.1) is 18.4 Å². The van der Waals surface area contributed by atoms with Gasteiger partial charge in [0, 0.05) is 23.6 Å². The highest BCUT2D eigenvalue weighted by Crippen LogP contribution is 2.36. The maximum absolute atomic E-state index is 12.1. The number of urea groups is 1. The fourth-order valence-electron chi connectivity index (χ4n) is 3.21. The summed E-state index contributed by atoms with van der Waals surface area (Å²) in [6, 6.07) is 3.31. The highest BCUT2D eigenvalue weighted by Gasteiger charge is 2.22. The predicted molar refractivity (Wildman–Crippen MR) is 85.6 cm³/mol. The van der Waals surface area contributed by atoms with Gasteiger partial charge in [0.25, 0.3) is 0 Å². The molecule has 3 N–H and O–H groups in total. The minimum atomic E-state index is -0.264. The molecule has 0 spiro atoms. The summed E-state index contributed by atoms with van der Waals surface area (Å²) in [4.78, 5) is 12.1. The van der Waals surface area contributed by atoms with E-state index in [4.69, 9.17) is 16.3 Å². The summed E-state index contributed by atoms with van der Waals surface area (Å²) in [6.07, 6.45) is 4.28. The predicted octanol–water partition coefficient (Wildman–Crippen LogP) is 2.95. The monoisotopic (exact) mass is 324 g/mol. The number of amides is 2. The Labute approximate surface area is 135 Å². The first-order valence-corrected chi connectivity index (χ1v) is 8.18. The van der Waals surface area contributed by atoms with Gasteiger partial charge in [0.1, 0.15) is 5.75 Å². The second-order valence-corrected chi connectivity index (χ2v) is 6.50. The van der Waals surface area contributed by atoms with E-state index in [1.807, 2.05) is 6.07 Å². The molecule has 2 amide bonds. The zero-order valence-electron chi connectivity index (χ0n) is 12.4. The van der Waals surface area contributed by atoms with Crippen LogP contribution in [-0.4, -0.2) is 30.4 Å². The van der Waals surface area contributed by atoms with Crippen LogP contribution in [0.2, 0.25) is 5.02 Å². The number of hydrogen-bond donors (Lipinski definition) is 3. The van der Waals surface area contributed by atoms with E-state index >= 15 is 0 Å². The molecule has 1 fully saturated rings. The highest BCUT2D eigenvalue weighted by atomic mass is 35.5. The Hall–Kier alpha value is -1.46. The number of fused-ring (bicyclic) bond motifs is 1. The quantitative estimate of drug-likeness (QED) is 0.800. The summed E-state index contributed by atoms with van der Waals surface area (Å²) in [5.74, 6) is 1.06. The standard InChI is InChI=1S/C16H21ClN2O3/c17-12-7-11-4-5-22-15(11)14(8-12)19-16(21)18-9-10-2-1-3-13(20)6-10/h7-8,10,13,20H,1-6,9H2,(H2,18,19,21)/t10-,13+/m0/s1. The lowest BCUT2D eigenvalue weighted by Crippen LogP contribution is -2.35. The summed E-state index contributed by atoms with van der Waals surface area (Å²) in [5.41, 5.74) is 1.64. The molecule has 3 rings (SSSR count). The van der Waals surface area contributed by atoms with Gasteiger partial charge in [0.15, 0.2) is 0 Å². The third-order valence-corrected chi connectivity index (χ3v) is 4.52. The van der Waals surface area contributed by atoms with Crippen molar-refractivity contribution in [1.82, 2.24) is 5.32 Å². The minimum absolute atomic E-state index is 0.229. The van der Waals surface area contributed by atoms with Crippen molar-refractivity contribution in [2.75, 3.05) is 18.5 Å². The van der Waals surface area contributed by atoms with Crippen molar-refractivity contribution in [3.8, 4) is 5.75 Å². The lowest BCUT2D eigenvalue weighted by atomic mass is 9.87. The highest BCUT2D eigenvalue weighted by molar-refractivity contribution is 6.31.